The van der Waals surface area contributed by atoms with Crippen LogP contribution in [0, 0.1) is 11.3 Å². The highest BCUT2D eigenvalue weighted by molar-refractivity contribution is 5.87. The molecule has 0 amide bonds. The number of rotatable bonds is 4. The molecule has 0 aromatic heterocycles. The summed E-state index contributed by atoms with van der Waals surface area (Å²) in [6, 6.07) is 6.86. The third kappa shape index (κ3) is 3.08. The summed E-state index contributed by atoms with van der Waals surface area (Å²) < 4.78 is 4.92. The first-order valence-corrected chi connectivity index (χ1v) is 7.00. The molecule has 0 saturated carbocycles. The van der Waals surface area contributed by atoms with Gasteiger partial charge in [0, 0.05) is 19.6 Å². The quantitative estimate of drug-likeness (QED) is 0.860. The summed E-state index contributed by atoms with van der Waals surface area (Å²) in [4.78, 5) is 25.0. The van der Waals surface area contributed by atoms with E-state index >= 15 is 0 Å². The van der Waals surface area contributed by atoms with Crippen molar-refractivity contribution in [3.05, 3.63) is 35.4 Å². The summed E-state index contributed by atoms with van der Waals surface area (Å²) in [5, 5.41) is 8.89. The Morgan fingerprint density at radius 3 is 2.52 bits per heavy atom. The van der Waals surface area contributed by atoms with E-state index in [0.29, 0.717) is 13.1 Å². The predicted molar refractivity (Wildman–Crippen MR) is 78.0 cm³/mol. The maximum absolute atomic E-state index is 11.9. The number of esters is 1. The van der Waals surface area contributed by atoms with Gasteiger partial charge < -0.3 is 9.84 Å². The minimum Gasteiger partial charge on any atom is -0.478 e. The molecule has 1 heterocycles. The second-order valence-electron chi connectivity index (χ2n) is 5.98. The lowest BCUT2D eigenvalue weighted by molar-refractivity contribution is -0.152. The van der Waals surface area contributed by atoms with Crippen LogP contribution < -0.4 is 0 Å². The van der Waals surface area contributed by atoms with Gasteiger partial charge in [-0.2, -0.15) is 0 Å². The lowest BCUT2D eigenvalue weighted by Gasteiger charge is -2.25. The molecule has 1 fully saturated rings. The van der Waals surface area contributed by atoms with E-state index in [0.717, 1.165) is 12.1 Å². The second-order valence-corrected chi connectivity index (χ2v) is 5.98. The van der Waals surface area contributed by atoms with Crippen LogP contribution >= 0.6 is 0 Å². The number of carbonyl (C=O) groups excluding carboxylic acids is 1. The Hall–Kier alpha value is -1.88. The van der Waals surface area contributed by atoms with Crippen LogP contribution in [0.15, 0.2) is 24.3 Å². The Bertz CT molecular complexity index is 540. The average molecular weight is 291 g/mol. The fraction of sp³-hybridized carbons (Fsp3) is 0.500. The Labute approximate surface area is 124 Å². The lowest BCUT2D eigenvalue weighted by Crippen LogP contribution is -2.36. The molecule has 2 rings (SSSR count). The van der Waals surface area contributed by atoms with E-state index in [1.807, 2.05) is 19.1 Å². The highest BCUT2D eigenvalue weighted by Crippen LogP contribution is 2.37. The van der Waals surface area contributed by atoms with E-state index in [4.69, 9.17) is 9.84 Å². The van der Waals surface area contributed by atoms with Gasteiger partial charge in [-0.1, -0.05) is 19.1 Å². The number of carboxylic acids is 1. The van der Waals surface area contributed by atoms with Gasteiger partial charge in [0.05, 0.1) is 18.1 Å². The molecule has 2 atom stereocenters. The molecular formula is C16H21NO4. The van der Waals surface area contributed by atoms with Crippen LogP contribution in [0.2, 0.25) is 0 Å². The van der Waals surface area contributed by atoms with Crippen molar-refractivity contribution in [2.24, 2.45) is 11.3 Å². The number of aromatic carboxylic acids is 1. The molecule has 0 bridgehead atoms. The third-order valence-electron chi connectivity index (χ3n) is 4.43. The first-order valence-electron chi connectivity index (χ1n) is 7.00. The standard InChI is InChI=1S/C16H21NO4/c1-11-8-17(10-16(11,2)15(20)21-3)9-12-4-6-13(7-5-12)14(18)19/h4-7,11H,8-10H2,1-3H3,(H,18,19)/t11-,16-/m1/s1. The minimum atomic E-state index is -0.922. The smallest absolute Gasteiger partial charge is 0.335 e. The van der Waals surface area contributed by atoms with Gasteiger partial charge >= 0.3 is 11.9 Å². The fourth-order valence-electron chi connectivity index (χ4n) is 2.90. The second kappa shape index (κ2) is 5.85. The summed E-state index contributed by atoms with van der Waals surface area (Å²) in [5.41, 5.74) is 0.852. The Kier molecular flexibility index (Phi) is 4.32. The number of carbonyl (C=O) groups is 2. The van der Waals surface area contributed by atoms with Crippen LogP contribution in [-0.2, 0) is 16.1 Å². The van der Waals surface area contributed by atoms with E-state index < -0.39 is 11.4 Å². The van der Waals surface area contributed by atoms with Gasteiger partial charge in [-0.3, -0.25) is 9.69 Å². The molecule has 5 heteroatoms. The lowest BCUT2D eigenvalue weighted by atomic mass is 9.81. The molecule has 1 saturated heterocycles. The maximum Gasteiger partial charge on any atom is 0.335 e. The van der Waals surface area contributed by atoms with Crippen molar-refractivity contribution in [3.8, 4) is 0 Å². The van der Waals surface area contributed by atoms with Crippen molar-refractivity contribution >= 4 is 11.9 Å². The number of hydrogen-bond donors (Lipinski definition) is 1. The normalized spacial score (nSPS) is 25.8. The summed E-state index contributed by atoms with van der Waals surface area (Å²) in [5.74, 6) is -0.864. The number of benzene rings is 1. The molecule has 1 N–H and O–H groups in total. The third-order valence-corrected chi connectivity index (χ3v) is 4.43. The Morgan fingerprint density at radius 2 is 2.00 bits per heavy atom. The van der Waals surface area contributed by atoms with Crippen LogP contribution in [0.5, 0.6) is 0 Å². The number of likely N-dealkylation sites (tertiary alicyclic amines) is 1. The Balaban J connectivity index is 2.05. The van der Waals surface area contributed by atoms with Crippen LogP contribution in [0.3, 0.4) is 0 Å². The monoisotopic (exact) mass is 291 g/mol. The van der Waals surface area contributed by atoms with Crippen LogP contribution in [0.25, 0.3) is 0 Å². The highest BCUT2D eigenvalue weighted by atomic mass is 16.5. The summed E-state index contributed by atoms with van der Waals surface area (Å²) in [6.45, 7) is 6.19. The molecule has 1 aliphatic heterocycles. The van der Waals surface area contributed by atoms with Gasteiger partial charge in [0.2, 0.25) is 0 Å². The molecule has 0 radical (unpaired) electrons. The number of methoxy groups -OCH3 is 1. The first kappa shape index (κ1) is 15.5. The fourth-order valence-corrected chi connectivity index (χ4v) is 2.90. The summed E-state index contributed by atoms with van der Waals surface area (Å²) in [6.07, 6.45) is 0. The van der Waals surface area contributed by atoms with Crippen molar-refractivity contribution in [2.75, 3.05) is 20.2 Å². The van der Waals surface area contributed by atoms with E-state index in [1.54, 1.807) is 12.1 Å². The number of carboxylic acid groups (broad SMARTS) is 1. The van der Waals surface area contributed by atoms with Crippen LogP contribution in [0.1, 0.15) is 29.8 Å². The molecule has 0 unspecified atom stereocenters. The SMILES string of the molecule is COC(=O)[C@]1(C)CN(Cc2ccc(C(=O)O)cc2)C[C@H]1C. The van der Waals surface area contributed by atoms with Crippen LogP contribution in [0.4, 0.5) is 0 Å². The Morgan fingerprint density at radius 1 is 1.38 bits per heavy atom. The minimum absolute atomic E-state index is 0.168. The maximum atomic E-state index is 11.9. The number of ether oxygens (including phenoxy) is 1. The van der Waals surface area contributed by atoms with E-state index in [9.17, 15) is 9.59 Å². The highest BCUT2D eigenvalue weighted by Gasteiger charge is 2.46. The van der Waals surface area contributed by atoms with Crippen molar-refractivity contribution in [3.63, 3.8) is 0 Å². The topological polar surface area (TPSA) is 66.8 Å². The summed E-state index contributed by atoms with van der Waals surface area (Å²) >= 11 is 0. The molecule has 1 aromatic carbocycles. The van der Waals surface area contributed by atoms with Gasteiger partial charge in [0.25, 0.3) is 0 Å². The summed E-state index contributed by atoms with van der Waals surface area (Å²) in [7, 11) is 1.42. The zero-order valence-electron chi connectivity index (χ0n) is 12.6. The van der Waals surface area contributed by atoms with E-state index in [-0.39, 0.29) is 17.5 Å². The van der Waals surface area contributed by atoms with Crippen molar-refractivity contribution in [2.45, 2.75) is 20.4 Å². The molecule has 0 spiro atoms. The zero-order chi connectivity index (χ0) is 15.6. The van der Waals surface area contributed by atoms with Gasteiger partial charge in [-0.15, -0.1) is 0 Å². The van der Waals surface area contributed by atoms with Gasteiger partial charge in [0.1, 0.15) is 0 Å². The molecule has 1 aromatic rings. The molecule has 5 nitrogen and oxygen atoms in total. The zero-order valence-corrected chi connectivity index (χ0v) is 12.6. The number of nitrogens with zero attached hydrogens (tertiary/aromatic N) is 1. The first-order chi connectivity index (χ1) is 9.86. The molecule has 114 valence electrons. The van der Waals surface area contributed by atoms with Gasteiger partial charge in [-0.05, 0) is 30.5 Å². The van der Waals surface area contributed by atoms with Crippen molar-refractivity contribution in [1.82, 2.24) is 4.90 Å². The molecular weight excluding hydrogens is 270 g/mol. The van der Waals surface area contributed by atoms with Crippen molar-refractivity contribution < 1.29 is 19.4 Å². The predicted octanol–water partition coefficient (Wildman–Crippen LogP) is 2.02. The van der Waals surface area contributed by atoms with Gasteiger partial charge in [-0.25, -0.2) is 4.79 Å². The van der Waals surface area contributed by atoms with Crippen molar-refractivity contribution in [1.29, 1.82) is 0 Å². The largest absolute Gasteiger partial charge is 0.478 e. The van der Waals surface area contributed by atoms with E-state index in [1.165, 1.54) is 7.11 Å². The molecule has 0 aliphatic carbocycles. The average Bonchev–Trinajstić information content (AvgIpc) is 2.74. The van der Waals surface area contributed by atoms with Crippen LogP contribution in [-0.4, -0.2) is 42.1 Å². The van der Waals surface area contributed by atoms with E-state index in [2.05, 4.69) is 11.8 Å². The number of hydrogen-bond acceptors (Lipinski definition) is 4. The van der Waals surface area contributed by atoms with Gasteiger partial charge in [0.15, 0.2) is 0 Å². The molecule has 21 heavy (non-hydrogen) atoms. The molecule has 1 aliphatic rings.